The normalized spacial score (nSPS) is 23.9. The molecule has 2 aliphatic rings. The molecule has 2 saturated carbocycles. The molecule has 0 saturated heterocycles. The Labute approximate surface area is 103 Å². The summed E-state index contributed by atoms with van der Waals surface area (Å²) >= 11 is 0. The van der Waals surface area contributed by atoms with Crippen molar-refractivity contribution in [3.63, 3.8) is 0 Å². The minimum atomic E-state index is -0.674. The van der Waals surface area contributed by atoms with Crippen LogP contribution >= 0.6 is 0 Å². The number of ether oxygens (including phenoxy) is 2. The largest absolute Gasteiger partial charge is 0.465 e. The zero-order valence-electron chi connectivity index (χ0n) is 10.8. The predicted molar refractivity (Wildman–Crippen MR) is 64.8 cm³/mol. The van der Waals surface area contributed by atoms with Crippen molar-refractivity contribution in [3.8, 4) is 0 Å². The van der Waals surface area contributed by atoms with E-state index in [0.717, 1.165) is 25.7 Å². The van der Waals surface area contributed by atoms with E-state index in [1.54, 1.807) is 0 Å². The van der Waals surface area contributed by atoms with Gasteiger partial charge in [-0.25, -0.2) is 4.79 Å². The van der Waals surface area contributed by atoms with E-state index in [1.165, 1.54) is 6.42 Å². The molecule has 0 bridgehead atoms. The Kier molecular flexibility index (Phi) is 4.05. The molecule has 98 valence electrons. The lowest BCUT2D eigenvalue weighted by atomic mass is 9.95. The molecule has 0 aliphatic heterocycles. The van der Waals surface area contributed by atoms with E-state index in [9.17, 15) is 4.79 Å². The van der Waals surface area contributed by atoms with Crippen molar-refractivity contribution in [1.82, 2.24) is 5.32 Å². The highest BCUT2D eigenvalue weighted by atomic mass is 16.5. The van der Waals surface area contributed by atoms with E-state index < -0.39 is 5.54 Å². The standard InChI is InChI=1S/C13H23NO3/c1-3-16-12(15)13(2,14-10-7-8-10)9-17-11-5-4-6-11/h10-11,14H,3-9H2,1-2H3. The lowest BCUT2D eigenvalue weighted by molar-refractivity contribution is -0.155. The number of carbonyl (C=O) groups excluding carboxylic acids is 1. The highest BCUT2D eigenvalue weighted by Gasteiger charge is 2.40. The molecule has 17 heavy (non-hydrogen) atoms. The fraction of sp³-hybridized carbons (Fsp3) is 0.923. The highest BCUT2D eigenvalue weighted by Crippen LogP contribution is 2.26. The van der Waals surface area contributed by atoms with Crippen molar-refractivity contribution < 1.29 is 14.3 Å². The molecule has 1 unspecified atom stereocenters. The maximum Gasteiger partial charge on any atom is 0.328 e. The van der Waals surface area contributed by atoms with Crippen molar-refractivity contribution in [3.05, 3.63) is 0 Å². The zero-order chi connectivity index (χ0) is 12.3. The van der Waals surface area contributed by atoms with Crippen LogP contribution in [0.25, 0.3) is 0 Å². The molecule has 0 spiro atoms. The van der Waals surface area contributed by atoms with Crippen LogP contribution in [0.1, 0.15) is 46.0 Å². The first kappa shape index (κ1) is 12.8. The molecule has 1 atom stereocenters. The van der Waals surface area contributed by atoms with Crippen LogP contribution in [-0.4, -0.2) is 36.9 Å². The van der Waals surface area contributed by atoms with Gasteiger partial charge in [-0.15, -0.1) is 0 Å². The van der Waals surface area contributed by atoms with E-state index in [-0.39, 0.29) is 5.97 Å². The van der Waals surface area contributed by atoms with E-state index in [0.29, 0.717) is 25.4 Å². The van der Waals surface area contributed by atoms with Crippen LogP contribution in [0.3, 0.4) is 0 Å². The maximum atomic E-state index is 12.0. The first-order chi connectivity index (χ1) is 8.14. The van der Waals surface area contributed by atoms with E-state index >= 15 is 0 Å². The second kappa shape index (κ2) is 5.36. The highest BCUT2D eigenvalue weighted by molar-refractivity contribution is 5.80. The summed E-state index contributed by atoms with van der Waals surface area (Å²) in [4.78, 5) is 12.0. The lowest BCUT2D eigenvalue weighted by Gasteiger charge is -2.33. The third-order valence-electron chi connectivity index (χ3n) is 3.49. The molecule has 0 aromatic carbocycles. The minimum absolute atomic E-state index is 0.189. The number of rotatable bonds is 7. The average Bonchev–Trinajstić information content (AvgIpc) is 2.99. The van der Waals surface area contributed by atoms with Crippen LogP contribution in [-0.2, 0) is 14.3 Å². The lowest BCUT2D eigenvalue weighted by Crippen LogP contribution is -2.55. The van der Waals surface area contributed by atoms with Gasteiger partial charge in [-0.3, -0.25) is 5.32 Å². The summed E-state index contributed by atoms with van der Waals surface area (Å²) in [6, 6.07) is 0.467. The summed E-state index contributed by atoms with van der Waals surface area (Å²) in [5.74, 6) is -0.189. The average molecular weight is 241 g/mol. The Morgan fingerprint density at radius 2 is 2.06 bits per heavy atom. The molecule has 2 aliphatic carbocycles. The van der Waals surface area contributed by atoms with Crippen LogP contribution in [0.2, 0.25) is 0 Å². The van der Waals surface area contributed by atoms with Crippen LogP contribution in [0.5, 0.6) is 0 Å². The monoisotopic (exact) mass is 241 g/mol. The summed E-state index contributed by atoms with van der Waals surface area (Å²) in [6.07, 6.45) is 6.16. The second-order valence-corrected chi connectivity index (χ2v) is 5.34. The third-order valence-corrected chi connectivity index (χ3v) is 3.49. The van der Waals surface area contributed by atoms with Gasteiger partial charge < -0.3 is 9.47 Å². The summed E-state index contributed by atoms with van der Waals surface area (Å²) in [6.45, 7) is 4.57. The molecule has 2 rings (SSSR count). The van der Waals surface area contributed by atoms with Gasteiger partial charge in [0, 0.05) is 6.04 Å². The van der Waals surface area contributed by atoms with E-state index in [2.05, 4.69) is 5.32 Å². The predicted octanol–water partition coefficient (Wildman–Crippen LogP) is 1.63. The SMILES string of the molecule is CCOC(=O)C(C)(COC1CCC1)NC1CC1. The second-order valence-electron chi connectivity index (χ2n) is 5.34. The third kappa shape index (κ3) is 3.42. The number of nitrogens with one attached hydrogen (secondary N) is 1. The minimum Gasteiger partial charge on any atom is -0.465 e. The summed E-state index contributed by atoms with van der Waals surface area (Å²) < 4.78 is 10.9. The Morgan fingerprint density at radius 1 is 1.35 bits per heavy atom. The number of hydrogen-bond acceptors (Lipinski definition) is 4. The Balaban J connectivity index is 1.86. The first-order valence-corrected chi connectivity index (χ1v) is 6.70. The summed E-state index contributed by atoms with van der Waals surface area (Å²) in [5.41, 5.74) is -0.674. The summed E-state index contributed by atoms with van der Waals surface area (Å²) in [5, 5.41) is 3.36. The van der Waals surface area contributed by atoms with Gasteiger partial charge in [0.1, 0.15) is 5.54 Å². The van der Waals surface area contributed by atoms with Gasteiger partial charge in [-0.2, -0.15) is 0 Å². The molecule has 0 heterocycles. The number of hydrogen-bond donors (Lipinski definition) is 1. The Bertz CT molecular complexity index is 274. The van der Waals surface area contributed by atoms with Crippen molar-refractivity contribution in [2.75, 3.05) is 13.2 Å². The smallest absolute Gasteiger partial charge is 0.328 e. The van der Waals surface area contributed by atoms with Crippen molar-refractivity contribution in [2.45, 2.75) is 63.6 Å². The van der Waals surface area contributed by atoms with Crippen LogP contribution in [0, 0.1) is 0 Å². The molecule has 4 heteroatoms. The van der Waals surface area contributed by atoms with Gasteiger partial charge in [0.2, 0.25) is 0 Å². The number of carbonyl (C=O) groups is 1. The van der Waals surface area contributed by atoms with E-state index in [1.807, 2.05) is 13.8 Å². The summed E-state index contributed by atoms with van der Waals surface area (Å²) in [7, 11) is 0. The topological polar surface area (TPSA) is 47.6 Å². The molecule has 1 N–H and O–H groups in total. The molecular weight excluding hydrogens is 218 g/mol. The van der Waals surface area contributed by atoms with Crippen molar-refractivity contribution >= 4 is 5.97 Å². The Hall–Kier alpha value is -0.610. The fourth-order valence-corrected chi connectivity index (χ4v) is 1.95. The van der Waals surface area contributed by atoms with Gasteiger partial charge in [0.05, 0.1) is 19.3 Å². The quantitative estimate of drug-likeness (QED) is 0.688. The number of esters is 1. The molecule has 4 nitrogen and oxygen atoms in total. The van der Waals surface area contributed by atoms with E-state index in [4.69, 9.17) is 9.47 Å². The van der Waals surface area contributed by atoms with Crippen LogP contribution < -0.4 is 5.32 Å². The molecule has 0 aromatic rings. The van der Waals surface area contributed by atoms with Gasteiger partial charge in [0.15, 0.2) is 0 Å². The van der Waals surface area contributed by atoms with Gasteiger partial charge >= 0.3 is 5.97 Å². The molecule has 2 fully saturated rings. The van der Waals surface area contributed by atoms with Gasteiger partial charge in [-0.1, -0.05) is 0 Å². The van der Waals surface area contributed by atoms with Crippen molar-refractivity contribution in [1.29, 1.82) is 0 Å². The van der Waals surface area contributed by atoms with Gasteiger partial charge in [-0.05, 0) is 46.0 Å². The van der Waals surface area contributed by atoms with Crippen molar-refractivity contribution in [2.24, 2.45) is 0 Å². The van der Waals surface area contributed by atoms with Gasteiger partial charge in [0.25, 0.3) is 0 Å². The molecular formula is C13H23NO3. The fourth-order valence-electron chi connectivity index (χ4n) is 1.95. The maximum absolute atomic E-state index is 12.0. The molecule has 0 amide bonds. The molecule has 0 aromatic heterocycles. The van der Waals surface area contributed by atoms with Crippen LogP contribution in [0.15, 0.2) is 0 Å². The zero-order valence-corrected chi connectivity index (χ0v) is 10.8. The molecule has 0 radical (unpaired) electrons. The first-order valence-electron chi connectivity index (χ1n) is 6.70. The Morgan fingerprint density at radius 3 is 2.53 bits per heavy atom. The van der Waals surface area contributed by atoms with Crippen LogP contribution in [0.4, 0.5) is 0 Å².